The number of anilines is 1. The maximum atomic E-state index is 6.27. The second-order valence-electron chi connectivity index (χ2n) is 5.33. The number of benzene rings is 2. The zero-order valence-electron chi connectivity index (χ0n) is 12.4. The van der Waals surface area contributed by atoms with Gasteiger partial charge in [-0.25, -0.2) is 9.97 Å². The Balaban J connectivity index is 0.00000176. The van der Waals surface area contributed by atoms with E-state index < -0.39 is 0 Å². The molecule has 0 saturated carbocycles. The van der Waals surface area contributed by atoms with Crippen LogP contribution >= 0.6 is 24.0 Å². The van der Waals surface area contributed by atoms with Crippen LogP contribution in [-0.2, 0) is 0 Å². The Hall–Kier alpha value is -1.84. The van der Waals surface area contributed by atoms with Crippen molar-refractivity contribution in [2.24, 2.45) is 0 Å². The van der Waals surface area contributed by atoms with E-state index in [2.05, 4.69) is 23.8 Å². The van der Waals surface area contributed by atoms with Crippen LogP contribution in [-0.4, -0.2) is 9.97 Å². The summed E-state index contributed by atoms with van der Waals surface area (Å²) in [5, 5.41) is 2.82. The van der Waals surface area contributed by atoms with Crippen molar-refractivity contribution >= 4 is 40.7 Å². The molecule has 0 aliphatic rings. The van der Waals surface area contributed by atoms with Crippen LogP contribution in [0.2, 0.25) is 5.02 Å². The Kier molecular flexibility index (Phi) is 4.89. The Morgan fingerprint density at radius 2 is 1.68 bits per heavy atom. The van der Waals surface area contributed by atoms with Crippen LogP contribution < -0.4 is 5.73 Å². The molecule has 3 rings (SSSR count). The van der Waals surface area contributed by atoms with Crippen molar-refractivity contribution in [2.45, 2.75) is 19.8 Å². The first-order chi connectivity index (χ1) is 10.1. The van der Waals surface area contributed by atoms with Crippen LogP contribution in [0.5, 0.6) is 0 Å². The fourth-order valence-electron chi connectivity index (χ4n) is 2.40. The molecule has 0 unspecified atom stereocenters. The van der Waals surface area contributed by atoms with Gasteiger partial charge in [0.15, 0.2) is 0 Å². The van der Waals surface area contributed by atoms with Gasteiger partial charge in [0.25, 0.3) is 0 Å². The zero-order valence-corrected chi connectivity index (χ0v) is 13.9. The van der Waals surface area contributed by atoms with Gasteiger partial charge >= 0.3 is 0 Å². The summed E-state index contributed by atoms with van der Waals surface area (Å²) in [6, 6.07) is 13.9. The lowest BCUT2D eigenvalue weighted by Gasteiger charge is -2.11. The van der Waals surface area contributed by atoms with Gasteiger partial charge in [-0.05, 0) is 23.4 Å². The molecule has 3 aromatic rings. The molecule has 22 heavy (non-hydrogen) atoms. The monoisotopic (exact) mass is 333 g/mol. The molecule has 0 fully saturated rings. The smallest absolute Gasteiger partial charge is 0.220 e. The second-order valence-corrected chi connectivity index (χ2v) is 5.74. The third-order valence-electron chi connectivity index (χ3n) is 3.50. The molecule has 0 bridgehead atoms. The van der Waals surface area contributed by atoms with Gasteiger partial charge in [-0.2, -0.15) is 0 Å². The predicted molar refractivity (Wildman–Crippen MR) is 95.7 cm³/mol. The predicted octanol–water partition coefficient (Wildman–Crippen LogP) is 5.08. The minimum absolute atomic E-state index is 0. The molecule has 2 N–H and O–H groups in total. The first kappa shape index (κ1) is 16.5. The van der Waals surface area contributed by atoms with Crippen LogP contribution in [0, 0.1) is 0 Å². The van der Waals surface area contributed by atoms with Crippen molar-refractivity contribution in [3.63, 3.8) is 0 Å². The number of nitrogens with zero attached hydrogens (tertiary/aromatic N) is 2. The fraction of sp³-hybridized carbons (Fsp3) is 0.176. The SMILES string of the molecule is CC(C)c1cc(-c2ccc(Cl)c3ccccc23)nc(N)n1.Cl. The number of rotatable bonds is 2. The molecule has 3 nitrogen and oxygen atoms in total. The lowest BCUT2D eigenvalue weighted by Crippen LogP contribution is -2.02. The standard InChI is InChI=1S/C17H16ClN3.ClH/c1-10(2)15-9-16(21-17(19)20-15)13-7-8-14(18)12-6-4-3-5-11(12)13;/h3-10H,1-2H3,(H2,19,20,21);1H. The van der Waals surface area contributed by atoms with Gasteiger partial charge in [0.05, 0.1) is 5.69 Å². The summed E-state index contributed by atoms with van der Waals surface area (Å²) in [5.41, 5.74) is 8.65. The highest BCUT2D eigenvalue weighted by Crippen LogP contribution is 2.33. The van der Waals surface area contributed by atoms with Gasteiger partial charge in [0.2, 0.25) is 5.95 Å². The quantitative estimate of drug-likeness (QED) is 0.711. The van der Waals surface area contributed by atoms with Crippen LogP contribution in [0.3, 0.4) is 0 Å². The highest BCUT2D eigenvalue weighted by molar-refractivity contribution is 6.36. The van der Waals surface area contributed by atoms with Gasteiger partial charge in [-0.1, -0.05) is 55.8 Å². The van der Waals surface area contributed by atoms with Crippen LogP contribution in [0.1, 0.15) is 25.5 Å². The molecule has 114 valence electrons. The largest absolute Gasteiger partial charge is 0.368 e. The number of aromatic nitrogens is 2. The second kappa shape index (κ2) is 6.51. The Morgan fingerprint density at radius 3 is 2.36 bits per heavy atom. The van der Waals surface area contributed by atoms with Crippen LogP contribution in [0.15, 0.2) is 42.5 Å². The highest BCUT2D eigenvalue weighted by atomic mass is 35.5. The van der Waals surface area contributed by atoms with Gasteiger partial charge < -0.3 is 5.73 Å². The van der Waals surface area contributed by atoms with E-state index in [1.165, 1.54) is 0 Å². The van der Waals surface area contributed by atoms with E-state index in [9.17, 15) is 0 Å². The molecule has 0 aliphatic carbocycles. The first-order valence-electron chi connectivity index (χ1n) is 6.88. The highest BCUT2D eigenvalue weighted by Gasteiger charge is 2.11. The molecule has 0 atom stereocenters. The van der Waals surface area contributed by atoms with Crippen molar-refractivity contribution in [1.29, 1.82) is 0 Å². The Labute approximate surface area is 141 Å². The Bertz CT molecular complexity index is 816. The third-order valence-corrected chi connectivity index (χ3v) is 3.83. The molecule has 1 aromatic heterocycles. The summed E-state index contributed by atoms with van der Waals surface area (Å²) < 4.78 is 0. The van der Waals surface area contributed by atoms with E-state index in [0.29, 0.717) is 11.9 Å². The third kappa shape index (κ3) is 3.01. The van der Waals surface area contributed by atoms with Crippen molar-refractivity contribution < 1.29 is 0 Å². The molecular formula is C17H17Cl2N3. The average Bonchev–Trinajstić information content (AvgIpc) is 2.47. The van der Waals surface area contributed by atoms with Gasteiger partial charge in [0.1, 0.15) is 0 Å². The molecule has 0 spiro atoms. The summed E-state index contributed by atoms with van der Waals surface area (Å²) in [4.78, 5) is 8.69. The Morgan fingerprint density at radius 1 is 1.00 bits per heavy atom. The van der Waals surface area contributed by atoms with Crippen LogP contribution in [0.25, 0.3) is 22.0 Å². The van der Waals surface area contributed by atoms with Crippen molar-refractivity contribution in [3.8, 4) is 11.3 Å². The average molecular weight is 334 g/mol. The first-order valence-corrected chi connectivity index (χ1v) is 7.26. The number of nitrogen functional groups attached to an aromatic ring is 1. The summed E-state index contributed by atoms with van der Waals surface area (Å²) in [6.07, 6.45) is 0. The molecule has 1 heterocycles. The maximum Gasteiger partial charge on any atom is 0.220 e. The van der Waals surface area contributed by atoms with E-state index in [0.717, 1.165) is 32.7 Å². The topological polar surface area (TPSA) is 51.8 Å². The molecule has 0 amide bonds. The molecule has 0 saturated heterocycles. The summed E-state index contributed by atoms with van der Waals surface area (Å²) in [7, 11) is 0. The summed E-state index contributed by atoms with van der Waals surface area (Å²) >= 11 is 6.27. The van der Waals surface area contributed by atoms with E-state index in [1.54, 1.807) is 0 Å². The number of halogens is 2. The number of nitrogens with two attached hydrogens (primary N) is 1. The van der Waals surface area contributed by atoms with Crippen molar-refractivity contribution in [1.82, 2.24) is 9.97 Å². The van der Waals surface area contributed by atoms with Crippen molar-refractivity contribution in [3.05, 3.63) is 53.2 Å². The molecular weight excluding hydrogens is 317 g/mol. The molecule has 0 radical (unpaired) electrons. The minimum atomic E-state index is 0. The molecule has 0 aliphatic heterocycles. The fourth-order valence-corrected chi connectivity index (χ4v) is 2.63. The summed E-state index contributed by atoms with van der Waals surface area (Å²) in [5.74, 6) is 0.600. The van der Waals surface area contributed by atoms with Crippen molar-refractivity contribution in [2.75, 3.05) is 5.73 Å². The van der Waals surface area contributed by atoms with Crippen LogP contribution in [0.4, 0.5) is 5.95 Å². The minimum Gasteiger partial charge on any atom is -0.368 e. The van der Waals surface area contributed by atoms with Gasteiger partial charge in [-0.15, -0.1) is 12.4 Å². The number of fused-ring (bicyclic) bond motifs is 1. The normalized spacial score (nSPS) is 10.7. The van der Waals surface area contributed by atoms with E-state index >= 15 is 0 Å². The zero-order chi connectivity index (χ0) is 15.0. The lowest BCUT2D eigenvalue weighted by atomic mass is 10.0. The van der Waals surface area contributed by atoms with Gasteiger partial charge in [0, 0.05) is 21.7 Å². The van der Waals surface area contributed by atoms with E-state index in [4.69, 9.17) is 17.3 Å². The molecule has 5 heteroatoms. The number of hydrogen-bond acceptors (Lipinski definition) is 3. The lowest BCUT2D eigenvalue weighted by molar-refractivity contribution is 0.819. The summed E-state index contributed by atoms with van der Waals surface area (Å²) in [6.45, 7) is 4.18. The maximum absolute atomic E-state index is 6.27. The number of hydrogen-bond donors (Lipinski definition) is 1. The van der Waals surface area contributed by atoms with Gasteiger partial charge in [-0.3, -0.25) is 0 Å². The molecule has 2 aromatic carbocycles. The van der Waals surface area contributed by atoms with E-state index in [-0.39, 0.29) is 12.4 Å². The van der Waals surface area contributed by atoms with E-state index in [1.807, 2.05) is 42.5 Å².